The summed E-state index contributed by atoms with van der Waals surface area (Å²) in [5.74, 6) is 0.766. The van der Waals surface area contributed by atoms with Crippen molar-refractivity contribution in [1.29, 1.82) is 0 Å². The molecule has 6 nitrogen and oxygen atoms in total. The number of tetrazole rings is 1. The van der Waals surface area contributed by atoms with E-state index in [0.717, 1.165) is 30.2 Å². The van der Waals surface area contributed by atoms with Crippen molar-refractivity contribution in [3.8, 4) is 5.69 Å². The average Bonchev–Trinajstić information content (AvgIpc) is 2.85. The van der Waals surface area contributed by atoms with Gasteiger partial charge < -0.3 is 10.1 Å². The summed E-state index contributed by atoms with van der Waals surface area (Å²) in [5.41, 5.74) is 1.88. The maximum absolute atomic E-state index is 5.40. The van der Waals surface area contributed by atoms with Gasteiger partial charge in [0.05, 0.1) is 11.3 Å². The molecule has 20 heavy (non-hydrogen) atoms. The van der Waals surface area contributed by atoms with Gasteiger partial charge in [-0.1, -0.05) is 6.07 Å². The van der Waals surface area contributed by atoms with Gasteiger partial charge in [-0.05, 0) is 55.8 Å². The third-order valence-electron chi connectivity index (χ3n) is 3.32. The molecule has 0 saturated carbocycles. The fourth-order valence-electron chi connectivity index (χ4n) is 1.83. The standard InChI is InChI=1S/C14H21N5O/c1-11-16-17-18-19(11)13-7-5-6-12(10-13)15-9-8-14(2,3)20-4/h5-7,10,15H,8-9H2,1-4H3. The Hall–Kier alpha value is -1.95. The minimum absolute atomic E-state index is 0.114. The number of nitrogens with one attached hydrogen (secondary N) is 1. The van der Waals surface area contributed by atoms with Gasteiger partial charge in [0.2, 0.25) is 0 Å². The molecule has 1 heterocycles. The SMILES string of the molecule is COC(C)(C)CCNc1cccc(-n2nnnc2C)c1. The molecule has 1 N–H and O–H groups in total. The number of methoxy groups -OCH3 is 1. The second kappa shape index (κ2) is 6.00. The van der Waals surface area contributed by atoms with Gasteiger partial charge in [-0.25, -0.2) is 0 Å². The monoisotopic (exact) mass is 275 g/mol. The third-order valence-corrected chi connectivity index (χ3v) is 3.32. The summed E-state index contributed by atoms with van der Waals surface area (Å²) in [5, 5.41) is 14.9. The van der Waals surface area contributed by atoms with Gasteiger partial charge in [-0.2, -0.15) is 4.68 Å². The van der Waals surface area contributed by atoms with Gasteiger partial charge in [-0.15, -0.1) is 5.10 Å². The summed E-state index contributed by atoms with van der Waals surface area (Å²) in [4.78, 5) is 0. The van der Waals surface area contributed by atoms with E-state index in [1.54, 1.807) is 11.8 Å². The van der Waals surface area contributed by atoms with Gasteiger partial charge in [0.25, 0.3) is 0 Å². The highest BCUT2D eigenvalue weighted by Gasteiger charge is 2.15. The number of anilines is 1. The topological polar surface area (TPSA) is 64.9 Å². The van der Waals surface area contributed by atoms with Crippen LogP contribution in [0.4, 0.5) is 5.69 Å². The van der Waals surface area contributed by atoms with Crippen LogP contribution < -0.4 is 5.32 Å². The minimum atomic E-state index is -0.114. The summed E-state index contributed by atoms with van der Waals surface area (Å²) in [6, 6.07) is 8.03. The van der Waals surface area contributed by atoms with E-state index in [1.165, 1.54) is 0 Å². The number of nitrogens with zero attached hydrogens (tertiary/aromatic N) is 4. The fourth-order valence-corrected chi connectivity index (χ4v) is 1.83. The molecular weight excluding hydrogens is 254 g/mol. The van der Waals surface area contributed by atoms with E-state index >= 15 is 0 Å². The van der Waals surface area contributed by atoms with Gasteiger partial charge in [0.15, 0.2) is 5.82 Å². The number of rotatable bonds is 6. The van der Waals surface area contributed by atoms with Crippen LogP contribution in [0.1, 0.15) is 26.1 Å². The van der Waals surface area contributed by atoms with Crippen molar-refractivity contribution in [2.75, 3.05) is 19.0 Å². The van der Waals surface area contributed by atoms with Crippen LogP contribution in [0.2, 0.25) is 0 Å². The molecular formula is C14H21N5O. The first-order chi connectivity index (χ1) is 9.52. The quantitative estimate of drug-likeness (QED) is 0.875. The normalized spacial score (nSPS) is 11.6. The lowest BCUT2D eigenvalue weighted by molar-refractivity contribution is 0.0185. The average molecular weight is 275 g/mol. The van der Waals surface area contributed by atoms with Gasteiger partial charge in [0, 0.05) is 19.3 Å². The van der Waals surface area contributed by atoms with Crippen LogP contribution in [-0.2, 0) is 4.74 Å². The molecule has 2 rings (SSSR count). The van der Waals surface area contributed by atoms with Crippen LogP contribution >= 0.6 is 0 Å². The third kappa shape index (κ3) is 3.54. The van der Waals surface area contributed by atoms with Crippen LogP contribution in [-0.4, -0.2) is 39.5 Å². The Labute approximate surface area is 119 Å². The number of ether oxygens (including phenoxy) is 1. The zero-order valence-electron chi connectivity index (χ0n) is 12.4. The summed E-state index contributed by atoms with van der Waals surface area (Å²) in [7, 11) is 1.74. The number of hydrogen-bond acceptors (Lipinski definition) is 5. The lowest BCUT2D eigenvalue weighted by Gasteiger charge is -2.23. The molecule has 6 heteroatoms. The Morgan fingerprint density at radius 3 is 2.80 bits per heavy atom. The Balaban J connectivity index is 2.02. The van der Waals surface area contributed by atoms with Gasteiger partial charge in [0.1, 0.15) is 0 Å². The highest BCUT2D eigenvalue weighted by atomic mass is 16.5. The van der Waals surface area contributed by atoms with E-state index < -0.39 is 0 Å². The Morgan fingerprint density at radius 2 is 2.15 bits per heavy atom. The van der Waals surface area contributed by atoms with E-state index in [-0.39, 0.29) is 5.60 Å². The molecule has 0 atom stereocenters. The van der Waals surface area contributed by atoms with Crippen molar-refractivity contribution < 1.29 is 4.74 Å². The molecule has 0 amide bonds. The number of aryl methyl sites for hydroxylation is 1. The first-order valence-electron chi connectivity index (χ1n) is 6.66. The van der Waals surface area contributed by atoms with E-state index in [4.69, 9.17) is 4.74 Å². The van der Waals surface area contributed by atoms with Crippen LogP contribution in [0.15, 0.2) is 24.3 Å². The largest absolute Gasteiger partial charge is 0.385 e. The Kier molecular flexibility index (Phi) is 4.34. The van der Waals surface area contributed by atoms with Crippen molar-refractivity contribution in [3.63, 3.8) is 0 Å². The molecule has 0 aliphatic carbocycles. The second-order valence-electron chi connectivity index (χ2n) is 5.33. The highest BCUT2D eigenvalue weighted by molar-refractivity contribution is 5.50. The van der Waals surface area contributed by atoms with Crippen molar-refractivity contribution in [1.82, 2.24) is 20.2 Å². The first kappa shape index (κ1) is 14.5. The smallest absolute Gasteiger partial charge is 0.153 e. The predicted molar refractivity (Wildman–Crippen MR) is 78.1 cm³/mol. The fraction of sp³-hybridized carbons (Fsp3) is 0.500. The molecule has 1 aromatic carbocycles. The van der Waals surface area contributed by atoms with Crippen molar-refractivity contribution >= 4 is 5.69 Å². The molecule has 1 aromatic heterocycles. The van der Waals surface area contributed by atoms with Gasteiger partial charge >= 0.3 is 0 Å². The van der Waals surface area contributed by atoms with Crippen LogP contribution in [0.25, 0.3) is 5.69 Å². The molecule has 0 aliphatic rings. The molecule has 0 unspecified atom stereocenters. The van der Waals surface area contributed by atoms with Crippen LogP contribution in [0, 0.1) is 6.92 Å². The molecule has 108 valence electrons. The lowest BCUT2D eigenvalue weighted by Crippen LogP contribution is -2.25. The number of hydrogen-bond donors (Lipinski definition) is 1. The minimum Gasteiger partial charge on any atom is -0.385 e. The molecule has 0 radical (unpaired) electrons. The molecule has 0 saturated heterocycles. The number of benzene rings is 1. The highest BCUT2D eigenvalue weighted by Crippen LogP contribution is 2.17. The lowest BCUT2D eigenvalue weighted by atomic mass is 10.1. The van der Waals surface area contributed by atoms with Crippen molar-refractivity contribution in [2.45, 2.75) is 32.8 Å². The molecule has 0 aliphatic heterocycles. The molecule has 2 aromatic rings. The maximum atomic E-state index is 5.40. The Bertz CT molecular complexity index is 564. The summed E-state index contributed by atoms with van der Waals surface area (Å²) >= 11 is 0. The molecule has 0 bridgehead atoms. The van der Waals surface area contributed by atoms with Crippen LogP contribution in [0.3, 0.4) is 0 Å². The summed E-state index contributed by atoms with van der Waals surface area (Å²) < 4.78 is 7.12. The molecule has 0 fully saturated rings. The van der Waals surface area contributed by atoms with Crippen molar-refractivity contribution in [3.05, 3.63) is 30.1 Å². The predicted octanol–water partition coefficient (Wildman–Crippen LogP) is 2.20. The van der Waals surface area contributed by atoms with Gasteiger partial charge in [-0.3, -0.25) is 0 Å². The number of aromatic nitrogens is 4. The van der Waals surface area contributed by atoms with Crippen LogP contribution in [0.5, 0.6) is 0 Å². The van der Waals surface area contributed by atoms with E-state index in [2.05, 4.69) is 34.7 Å². The van der Waals surface area contributed by atoms with Crippen molar-refractivity contribution in [2.24, 2.45) is 0 Å². The summed E-state index contributed by atoms with van der Waals surface area (Å²) in [6.45, 7) is 6.88. The Morgan fingerprint density at radius 1 is 1.35 bits per heavy atom. The van der Waals surface area contributed by atoms with E-state index in [1.807, 2.05) is 31.2 Å². The first-order valence-corrected chi connectivity index (χ1v) is 6.66. The summed E-state index contributed by atoms with van der Waals surface area (Å²) in [6.07, 6.45) is 0.928. The zero-order valence-corrected chi connectivity index (χ0v) is 12.4. The molecule has 0 spiro atoms. The second-order valence-corrected chi connectivity index (χ2v) is 5.33. The zero-order chi connectivity index (χ0) is 14.6. The maximum Gasteiger partial charge on any atom is 0.153 e. The van der Waals surface area contributed by atoms with E-state index in [0.29, 0.717) is 0 Å². The van der Waals surface area contributed by atoms with E-state index in [9.17, 15) is 0 Å².